The highest BCUT2D eigenvalue weighted by Crippen LogP contribution is 2.11. The van der Waals surface area contributed by atoms with Crippen LogP contribution in [-0.2, 0) is 16.0 Å². The smallest absolute Gasteiger partial charge is 0.326 e. The zero-order valence-electron chi connectivity index (χ0n) is 17.3. The molecule has 0 unspecified atom stereocenters. The number of carbonyl (C=O) groups excluding carboxylic acids is 1. The summed E-state index contributed by atoms with van der Waals surface area (Å²) in [7, 11) is 0. The van der Waals surface area contributed by atoms with Crippen molar-refractivity contribution in [2.75, 3.05) is 0 Å². The van der Waals surface area contributed by atoms with E-state index in [1.165, 1.54) is 25.7 Å². The zero-order chi connectivity index (χ0) is 20.1. The third kappa shape index (κ3) is 10.6. The Morgan fingerprint density at radius 2 is 1.56 bits per heavy atom. The van der Waals surface area contributed by atoms with Crippen LogP contribution in [-0.4, -0.2) is 23.0 Å². The molecule has 4 nitrogen and oxygen atoms in total. The Labute approximate surface area is 154 Å². The van der Waals surface area contributed by atoms with Crippen molar-refractivity contribution >= 4 is 11.9 Å². The number of carboxylic acid groups (broad SMARTS) is 1. The van der Waals surface area contributed by atoms with E-state index in [0.29, 0.717) is 6.42 Å². The molecule has 1 amide bonds. The number of benzene rings is 1. The first kappa shape index (κ1) is 18.0. The maximum absolute atomic E-state index is 12.3. The van der Waals surface area contributed by atoms with Crippen LogP contribution in [0.2, 0.25) is 0 Å². The van der Waals surface area contributed by atoms with Crippen LogP contribution in [0.15, 0.2) is 30.3 Å². The van der Waals surface area contributed by atoms with Gasteiger partial charge < -0.3 is 10.4 Å². The highest BCUT2D eigenvalue weighted by molar-refractivity contribution is 5.83. The molecule has 4 heteroatoms. The molecule has 140 valence electrons. The van der Waals surface area contributed by atoms with Crippen LogP contribution in [0.4, 0.5) is 0 Å². The lowest BCUT2D eigenvalue weighted by Crippen LogP contribution is -2.42. The molecule has 0 spiro atoms. The summed E-state index contributed by atoms with van der Waals surface area (Å²) in [5.41, 5.74) is 0.786. The van der Waals surface area contributed by atoms with Crippen molar-refractivity contribution < 1.29 is 17.4 Å². The van der Waals surface area contributed by atoms with E-state index in [2.05, 4.69) is 12.2 Å². The summed E-state index contributed by atoms with van der Waals surface area (Å²) in [5.74, 6) is -2.00. The van der Waals surface area contributed by atoms with Gasteiger partial charge in [0.25, 0.3) is 0 Å². The lowest BCUT2D eigenvalue weighted by Gasteiger charge is -2.14. The van der Waals surface area contributed by atoms with E-state index in [0.717, 1.165) is 24.8 Å². The van der Waals surface area contributed by atoms with Crippen molar-refractivity contribution in [3.05, 3.63) is 35.9 Å². The second-order valence-electron chi connectivity index (χ2n) is 6.46. The van der Waals surface area contributed by atoms with Gasteiger partial charge >= 0.3 is 5.97 Å². The summed E-state index contributed by atoms with van der Waals surface area (Å²) < 4.78 is 16.0. The Hall–Kier alpha value is -1.84. The van der Waals surface area contributed by atoms with Gasteiger partial charge in [0.1, 0.15) is 6.04 Å². The third-order valence-corrected chi connectivity index (χ3v) is 4.20. The molecule has 0 heterocycles. The lowest BCUT2D eigenvalue weighted by atomic mass is 10.0. The van der Waals surface area contributed by atoms with E-state index < -0.39 is 24.3 Å². The van der Waals surface area contributed by atoms with Gasteiger partial charge in [-0.25, -0.2) is 4.79 Å². The minimum Gasteiger partial charge on any atom is -0.480 e. The summed E-state index contributed by atoms with van der Waals surface area (Å²) in [5, 5.41) is 11.7. The number of aliphatic carboxylic acids is 1. The Morgan fingerprint density at radius 3 is 2.12 bits per heavy atom. The Kier molecular flexibility index (Phi) is 9.67. The second kappa shape index (κ2) is 13.5. The van der Waals surface area contributed by atoms with Gasteiger partial charge in [0.05, 0.1) is 0 Å². The first-order chi connectivity index (χ1) is 12.9. The first-order valence-corrected chi connectivity index (χ1v) is 9.44. The third-order valence-electron chi connectivity index (χ3n) is 4.20. The highest BCUT2D eigenvalue weighted by Gasteiger charge is 2.19. The standard InChI is InChI=1S/C21H33NO3/c1-2-3-4-5-6-7-8-9-13-16-20(23)22-19(21(24)25)17-18-14-11-10-12-15-18/h10-12,14-15,19H,2-9,13,16-17H2,1H3,(H,22,23)(H,24,25)/t19-/m0/s1/i16D2. The molecular weight excluding hydrogens is 314 g/mol. The minimum atomic E-state index is -2.05. The van der Waals surface area contributed by atoms with Crippen molar-refractivity contribution in [2.45, 2.75) is 83.5 Å². The lowest BCUT2D eigenvalue weighted by molar-refractivity contribution is -0.141. The molecule has 1 aromatic rings. The largest absolute Gasteiger partial charge is 0.480 e. The highest BCUT2D eigenvalue weighted by atomic mass is 16.4. The molecule has 1 rings (SSSR count). The maximum atomic E-state index is 12.3. The van der Waals surface area contributed by atoms with E-state index in [1.807, 2.05) is 6.07 Å². The minimum absolute atomic E-state index is 0.117. The Balaban J connectivity index is 2.39. The summed E-state index contributed by atoms with van der Waals surface area (Å²) >= 11 is 0. The van der Waals surface area contributed by atoms with Gasteiger partial charge in [0.15, 0.2) is 0 Å². The first-order valence-electron chi connectivity index (χ1n) is 10.4. The van der Waals surface area contributed by atoms with Crippen LogP contribution >= 0.6 is 0 Å². The number of hydrogen-bond acceptors (Lipinski definition) is 2. The van der Waals surface area contributed by atoms with E-state index in [1.54, 1.807) is 24.3 Å². The van der Waals surface area contributed by atoms with Gasteiger partial charge in [0.2, 0.25) is 5.91 Å². The zero-order valence-corrected chi connectivity index (χ0v) is 15.3. The SMILES string of the molecule is [2H]C([2H])(CCCCCCCCCC)C(=O)N[C@@H](Cc1ccccc1)C(=O)O. The molecule has 0 saturated heterocycles. The molecule has 1 atom stereocenters. The molecule has 2 N–H and O–H groups in total. The van der Waals surface area contributed by atoms with Crippen LogP contribution in [0.25, 0.3) is 0 Å². The average molecular weight is 350 g/mol. The molecule has 0 bridgehead atoms. The van der Waals surface area contributed by atoms with Crippen molar-refractivity contribution in [3.63, 3.8) is 0 Å². The quantitative estimate of drug-likeness (QED) is 0.478. The normalized spacial score (nSPS) is 13.6. The van der Waals surface area contributed by atoms with Crippen LogP contribution in [0.5, 0.6) is 0 Å². The van der Waals surface area contributed by atoms with E-state index in [-0.39, 0.29) is 12.8 Å². The van der Waals surface area contributed by atoms with Gasteiger partial charge in [-0.15, -0.1) is 0 Å². The van der Waals surface area contributed by atoms with Crippen LogP contribution in [0.3, 0.4) is 0 Å². The number of carboxylic acids is 1. The Morgan fingerprint density at radius 1 is 1.00 bits per heavy atom. The van der Waals surface area contributed by atoms with Crippen LogP contribution in [0, 0.1) is 0 Å². The number of carbonyl (C=O) groups is 2. The molecule has 0 saturated carbocycles. The van der Waals surface area contributed by atoms with Crippen LogP contribution < -0.4 is 5.32 Å². The topological polar surface area (TPSA) is 66.4 Å². The summed E-state index contributed by atoms with van der Waals surface area (Å²) in [6, 6.07) is 7.89. The molecule has 0 aliphatic carbocycles. The van der Waals surface area contributed by atoms with Gasteiger partial charge in [-0.2, -0.15) is 0 Å². The number of unbranched alkanes of at least 4 members (excludes halogenated alkanes) is 7. The van der Waals surface area contributed by atoms with Gasteiger partial charge in [-0.05, 0) is 12.0 Å². The Bertz CT molecular complexity index is 564. The molecule has 0 radical (unpaired) electrons. The fourth-order valence-electron chi connectivity index (χ4n) is 2.72. The molecule has 0 aliphatic heterocycles. The molecule has 0 aliphatic rings. The van der Waals surface area contributed by atoms with Crippen molar-refractivity contribution in [2.24, 2.45) is 0 Å². The summed E-state index contributed by atoms with van der Waals surface area (Å²) in [6.45, 7) is 2.18. The van der Waals surface area contributed by atoms with Crippen molar-refractivity contribution in [1.82, 2.24) is 5.32 Å². The monoisotopic (exact) mass is 349 g/mol. The summed E-state index contributed by atoms with van der Waals surface area (Å²) in [6.07, 6.45) is 6.86. The fourth-order valence-corrected chi connectivity index (χ4v) is 2.72. The van der Waals surface area contributed by atoms with Gasteiger partial charge in [0, 0.05) is 15.5 Å². The number of hydrogen-bond donors (Lipinski definition) is 2. The maximum Gasteiger partial charge on any atom is 0.326 e. The predicted molar refractivity (Wildman–Crippen MR) is 102 cm³/mol. The molecule has 25 heavy (non-hydrogen) atoms. The average Bonchev–Trinajstić information content (AvgIpc) is 2.64. The van der Waals surface area contributed by atoms with Gasteiger partial charge in [-0.1, -0.05) is 88.6 Å². The molecule has 0 aromatic heterocycles. The van der Waals surface area contributed by atoms with Crippen molar-refractivity contribution in [1.29, 1.82) is 0 Å². The number of nitrogens with one attached hydrogen (secondary N) is 1. The summed E-state index contributed by atoms with van der Waals surface area (Å²) in [4.78, 5) is 23.7. The van der Waals surface area contributed by atoms with E-state index in [4.69, 9.17) is 2.74 Å². The fraction of sp³-hybridized carbons (Fsp3) is 0.619. The van der Waals surface area contributed by atoms with E-state index in [9.17, 15) is 14.7 Å². The number of rotatable bonds is 14. The number of amides is 1. The van der Waals surface area contributed by atoms with Crippen LogP contribution in [0.1, 0.15) is 79.4 Å². The predicted octanol–water partition coefficient (Wildman–Crippen LogP) is 4.72. The van der Waals surface area contributed by atoms with Gasteiger partial charge in [-0.3, -0.25) is 4.79 Å². The molecular formula is C21H33NO3. The van der Waals surface area contributed by atoms with E-state index >= 15 is 0 Å². The second-order valence-corrected chi connectivity index (χ2v) is 6.46. The van der Waals surface area contributed by atoms with Crippen molar-refractivity contribution in [3.8, 4) is 0 Å². The molecule has 1 aromatic carbocycles. The molecule has 0 fully saturated rings.